The molecule has 0 saturated carbocycles. The van der Waals surface area contributed by atoms with E-state index in [4.69, 9.17) is 11.5 Å². The van der Waals surface area contributed by atoms with Crippen molar-refractivity contribution in [2.24, 2.45) is 11.7 Å². The fraction of sp³-hybridized carbons (Fsp3) is 0.333. The predicted molar refractivity (Wildman–Crippen MR) is 146 cm³/mol. The number of carbonyl (C=O) groups excluding carboxylic acids is 3. The first-order chi connectivity index (χ1) is 17.5. The molecule has 2 aromatic carbocycles. The van der Waals surface area contributed by atoms with Crippen LogP contribution in [0.2, 0.25) is 0 Å². The van der Waals surface area contributed by atoms with Crippen molar-refractivity contribution in [3.8, 4) is 5.75 Å². The molecule has 37 heavy (non-hydrogen) atoms. The lowest BCUT2D eigenvalue weighted by molar-refractivity contribution is -0.122. The molecule has 3 amide bonds. The zero-order valence-corrected chi connectivity index (χ0v) is 22.2. The van der Waals surface area contributed by atoms with Crippen molar-refractivity contribution in [1.29, 1.82) is 0 Å². The van der Waals surface area contributed by atoms with Crippen LogP contribution in [-0.2, 0) is 4.79 Å². The third-order valence-electron chi connectivity index (χ3n) is 5.95. The first kappa shape index (κ1) is 27.7. The summed E-state index contributed by atoms with van der Waals surface area (Å²) in [6, 6.07) is 12.4. The third kappa shape index (κ3) is 6.45. The van der Waals surface area contributed by atoms with E-state index in [-0.39, 0.29) is 27.9 Å². The van der Waals surface area contributed by atoms with E-state index in [0.29, 0.717) is 23.7 Å². The minimum atomic E-state index is -1.09. The average Bonchev–Trinajstić information content (AvgIpc) is 3.24. The smallest absolute Gasteiger partial charge is 0.273 e. The highest BCUT2D eigenvalue weighted by molar-refractivity contribution is 7.09. The van der Waals surface area contributed by atoms with E-state index in [1.807, 2.05) is 12.1 Å². The molecule has 0 radical (unpaired) electrons. The fourth-order valence-corrected chi connectivity index (χ4v) is 4.54. The lowest BCUT2D eigenvalue weighted by atomic mass is 10.00. The molecule has 3 rings (SSSR count). The number of amides is 3. The quantitative estimate of drug-likeness (QED) is 0.312. The van der Waals surface area contributed by atoms with Crippen molar-refractivity contribution < 1.29 is 19.5 Å². The van der Waals surface area contributed by atoms with Gasteiger partial charge in [-0.05, 0) is 65.2 Å². The van der Waals surface area contributed by atoms with Crippen LogP contribution in [0.4, 0.5) is 11.4 Å². The molecule has 10 heteroatoms. The molecular formula is C27H33N5O4S. The molecule has 0 bridgehead atoms. The summed E-state index contributed by atoms with van der Waals surface area (Å²) >= 11 is 0.753. The summed E-state index contributed by atoms with van der Waals surface area (Å²) in [5, 5.41) is 12.8. The highest BCUT2D eigenvalue weighted by atomic mass is 32.1. The number of aromatic nitrogens is 1. The van der Waals surface area contributed by atoms with Gasteiger partial charge in [0.2, 0.25) is 5.91 Å². The predicted octanol–water partition coefficient (Wildman–Crippen LogP) is 4.20. The number of nitrogens with two attached hydrogens (primary N) is 2. The summed E-state index contributed by atoms with van der Waals surface area (Å²) < 4.78 is 3.97. The summed E-state index contributed by atoms with van der Waals surface area (Å²) in [4.78, 5) is 40.8. The molecule has 1 heterocycles. The van der Waals surface area contributed by atoms with Crippen LogP contribution >= 0.6 is 11.5 Å². The minimum Gasteiger partial charge on any atom is -0.508 e. The van der Waals surface area contributed by atoms with Gasteiger partial charge in [-0.3, -0.25) is 19.3 Å². The Balaban J connectivity index is 2.16. The van der Waals surface area contributed by atoms with Gasteiger partial charge < -0.3 is 21.9 Å². The number of nitrogen functional groups attached to an aromatic ring is 1. The molecule has 6 N–H and O–H groups in total. The summed E-state index contributed by atoms with van der Waals surface area (Å²) in [5.41, 5.74) is 13.2. The molecule has 0 aliphatic rings. The SMILES string of the molecule is CC(C)CCNC(=O)C(c1ccc(O)cc1)N(C(=O)c1snc(C(N)=O)c1N)c1ccc(C(C)C)cc1. The zero-order valence-electron chi connectivity index (χ0n) is 21.4. The monoisotopic (exact) mass is 523 g/mol. The highest BCUT2D eigenvalue weighted by Crippen LogP contribution is 2.34. The number of carbonyl (C=O) groups is 3. The summed E-state index contributed by atoms with van der Waals surface area (Å²) in [7, 11) is 0. The number of phenolic OH excluding ortho intramolecular Hbond substituents is 1. The van der Waals surface area contributed by atoms with E-state index >= 15 is 0 Å². The van der Waals surface area contributed by atoms with Crippen molar-refractivity contribution in [1.82, 2.24) is 9.69 Å². The van der Waals surface area contributed by atoms with Crippen LogP contribution in [0, 0.1) is 5.92 Å². The Morgan fingerprint density at radius 2 is 1.59 bits per heavy atom. The molecule has 3 aromatic rings. The number of phenols is 1. The minimum absolute atomic E-state index is 0.000458. The number of benzene rings is 2. The maximum Gasteiger partial charge on any atom is 0.273 e. The van der Waals surface area contributed by atoms with Crippen molar-refractivity contribution in [3.05, 3.63) is 70.2 Å². The van der Waals surface area contributed by atoms with Crippen molar-refractivity contribution in [2.45, 2.75) is 46.1 Å². The van der Waals surface area contributed by atoms with E-state index in [9.17, 15) is 19.5 Å². The van der Waals surface area contributed by atoms with Gasteiger partial charge in [0.25, 0.3) is 11.8 Å². The maximum absolute atomic E-state index is 14.0. The molecule has 0 aliphatic carbocycles. The molecule has 0 aliphatic heterocycles. The van der Waals surface area contributed by atoms with Gasteiger partial charge in [-0.15, -0.1) is 0 Å². The van der Waals surface area contributed by atoms with Gasteiger partial charge in [0.05, 0.1) is 5.69 Å². The van der Waals surface area contributed by atoms with E-state index < -0.39 is 23.8 Å². The Hall–Kier alpha value is -3.92. The number of aromatic hydroxyl groups is 1. The zero-order chi connectivity index (χ0) is 27.3. The topological polar surface area (TPSA) is 152 Å². The summed E-state index contributed by atoms with van der Waals surface area (Å²) in [6.45, 7) is 8.65. The Labute approximate surface area is 220 Å². The average molecular weight is 524 g/mol. The van der Waals surface area contributed by atoms with Gasteiger partial charge in [-0.25, -0.2) is 0 Å². The van der Waals surface area contributed by atoms with Gasteiger partial charge in [0, 0.05) is 12.2 Å². The molecule has 1 atom stereocenters. The second-order valence-electron chi connectivity index (χ2n) is 9.53. The summed E-state index contributed by atoms with van der Waals surface area (Å²) in [5.74, 6) is -1.18. The first-order valence-corrected chi connectivity index (χ1v) is 12.8. The second kappa shape index (κ2) is 11.9. The van der Waals surface area contributed by atoms with Crippen LogP contribution in [0.5, 0.6) is 5.75 Å². The number of nitrogens with one attached hydrogen (secondary N) is 1. The van der Waals surface area contributed by atoms with Gasteiger partial charge in [0.15, 0.2) is 5.69 Å². The van der Waals surface area contributed by atoms with Crippen molar-refractivity contribution in [3.63, 3.8) is 0 Å². The summed E-state index contributed by atoms with van der Waals surface area (Å²) in [6.07, 6.45) is 0.759. The molecule has 0 spiro atoms. The number of primary amides is 1. The molecule has 0 saturated heterocycles. The maximum atomic E-state index is 14.0. The van der Waals surface area contributed by atoms with E-state index in [2.05, 4.69) is 37.4 Å². The van der Waals surface area contributed by atoms with Crippen LogP contribution in [0.1, 0.15) is 77.4 Å². The van der Waals surface area contributed by atoms with Crippen LogP contribution in [-0.4, -0.2) is 33.7 Å². The van der Waals surface area contributed by atoms with Gasteiger partial charge in [-0.1, -0.05) is 52.0 Å². The number of anilines is 2. The molecule has 1 unspecified atom stereocenters. The van der Waals surface area contributed by atoms with Gasteiger partial charge in [-0.2, -0.15) is 4.37 Å². The Morgan fingerprint density at radius 1 is 1.00 bits per heavy atom. The third-order valence-corrected chi connectivity index (χ3v) is 6.80. The Bertz CT molecular complexity index is 1250. The normalized spacial score (nSPS) is 11.9. The Morgan fingerprint density at radius 3 is 2.11 bits per heavy atom. The van der Waals surface area contributed by atoms with Crippen LogP contribution in [0.3, 0.4) is 0 Å². The highest BCUT2D eigenvalue weighted by Gasteiger charge is 2.36. The van der Waals surface area contributed by atoms with Crippen molar-refractivity contribution >= 4 is 40.6 Å². The van der Waals surface area contributed by atoms with Gasteiger partial charge in [0.1, 0.15) is 16.7 Å². The standard InChI is InChI=1S/C27H33N5O4S/c1-15(2)13-14-30-26(35)23(18-7-11-20(33)12-8-18)32(19-9-5-17(6-10-19)16(3)4)27(36)24-21(28)22(25(29)34)31-37-24/h5-12,15-16,23,33H,13-14,28H2,1-4H3,(H2,29,34)(H,30,35). The molecule has 0 fully saturated rings. The Kier molecular flexibility index (Phi) is 8.88. The number of rotatable bonds is 10. The largest absolute Gasteiger partial charge is 0.508 e. The second-order valence-corrected chi connectivity index (χ2v) is 10.3. The molecule has 196 valence electrons. The fourth-order valence-electron chi connectivity index (χ4n) is 3.80. The van der Waals surface area contributed by atoms with Crippen LogP contribution in [0.15, 0.2) is 48.5 Å². The number of nitrogens with zero attached hydrogens (tertiary/aromatic N) is 2. The number of hydrogen-bond donors (Lipinski definition) is 4. The van der Waals surface area contributed by atoms with Crippen molar-refractivity contribution in [2.75, 3.05) is 17.2 Å². The molecular weight excluding hydrogens is 490 g/mol. The number of hydrogen-bond acceptors (Lipinski definition) is 7. The van der Waals surface area contributed by atoms with Crippen LogP contribution < -0.4 is 21.7 Å². The van der Waals surface area contributed by atoms with E-state index in [0.717, 1.165) is 23.5 Å². The molecule has 9 nitrogen and oxygen atoms in total. The molecule has 1 aromatic heterocycles. The lowest BCUT2D eigenvalue weighted by Crippen LogP contribution is -2.44. The van der Waals surface area contributed by atoms with Gasteiger partial charge >= 0.3 is 0 Å². The van der Waals surface area contributed by atoms with E-state index in [1.54, 1.807) is 24.3 Å². The van der Waals surface area contributed by atoms with E-state index in [1.165, 1.54) is 17.0 Å². The lowest BCUT2D eigenvalue weighted by Gasteiger charge is -2.31. The first-order valence-electron chi connectivity index (χ1n) is 12.1. The van der Waals surface area contributed by atoms with Crippen LogP contribution in [0.25, 0.3) is 0 Å².